The van der Waals surface area contributed by atoms with E-state index in [0.29, 0.717) is 5.56 Å². The van der Waals surface area contributed by atoms with Crippen molar-refractivity contribution >= 4 is 11.7 Å². The highest BCUT2D eigenvalue weighted by Gasteiger charge is 2.25. The molecule has 1 aromatic rings. The zero-order chi connectivity index (χ0) is 13.7. The molecule has 0 aliphatic rings. The molecule has 0 saturated heterocycles. The lowest BCUT2D eigenvalue weighted by molar-refractivity contribution is -0.119. The smallest absolute Gasteiger partial charge is 0.217 e. The molecule has 1 rings (SSSR count). The van der Waals surface area contributed by atoms with Crippen LogP contribution in [0.5, 0.6) is 0 Å². The summed E-state index contributed by atoms with van der Waals surface area (Å²) in [6.45, 7) is 7.42. The first-order chi connectivity index (χ1) is 8.45. The Morgan fingerprint density at radius 2 is 1.78 bits per heavy atom. The third-order valence-electron chi connectivity index (χ3n) is 3.19. The summed E-state index contributed by atoms with van der Waals surface area (Å²) in [5.74, 6) is -0.0528. The fourth-order valence-electron chi connectivity index (χ4n) is 1.82. The maximum Gasteiger partial charge on any atom is 0.217 e. The Kier molecular flexibility index (Phi) is 5.08. The van der Waals surface area contributed by atoms with Gasteiger partial charge in [0.25, 0.3) is 0 Å². The van der Waals surface area contributed by atoms with E-state index < -0.39 is 6.04 Å². The van der Waals surface area contributed by atoms with Crippen LogP contribution in [0.2, 0.25) is 0 Å². The zero-order valence-corrected chi connectivity index (χ0v) is 11.5. The van der Waals surface area contributed by atoms with E-state index in [1.54, 1.807) is 0 Å². The van der Waals surface area contributed by atoms with Gasteiger partial charge in [0.1, 0.15) is 0 Å². The van der Waals surface area contributed by atoms with E-state index in [4.69, 9.17) is 0 Å². The zero-order valence-electron chi connectivity index (χ0n) is 11.5. The molecule has 0 bridgehead atoms. The first kappa shape index (κ1) is 14.4. The molecule has 18 heavy (non-hydrogen) atoms. The lowest BCUT2D eigenvalue weighted by atomic mass is 9.91. The minimum atomic E-state index is -0.435. The van der Waals surface area contributed by atoms with Crippen molar-refractivity contribution in [3.8, 4) is 0 Å². The quantitative estimate of drug-likeness (QED) is 0.813. The van der Waals surface area contributed by atoms with Crippen molar-refractivity contribution in [3.05, 3.63) is 35.4 Å². The topological polar surface area (TPSA) is 46.2 Å². The second-order valence-electron chi connectivity index (χ2n) is 4.79. The van der Waals surface area contributed by atoms with Crippen molar-refractivity contribution in [1.29, 1.82) is 0 Å². The van der Waals surface area contributed by atoms with Gasteiger partial charge in [-0.05, 0) is 12.8 Å². The number of aryl methyl sites for hydroxylation is 1. The molecule has 0 radical (unpaired) electrons. The van der Waals surface area contributed by atoms with Gasteiger partial charge in [0.15, 0.2) is 5.78 Å². The fraction of sp³-hybridized carbons (Fsp3) is 0.467. The third kappa shape index (κ3) is 3.69. The van der Waals surface area contributed by atoms with E-state index in [1.165, 1.54) is 6.92 Å². The van der Waals surface area contributed by atoms with Crippen LogP contribution in [-0.2, 0) is 4.79 Å². The van der Waals surface area contributed by atoms with Crippen LogP contribution >= 0.6 is 0 Å². The molecule has 1 N–H and O–H groups in total. The van der Waals surface area contributed by atoms with Gasteiger partial charge in [-0.25, -0.2) is 0 Å². The van der Waals surface area contributed by atoms with Crippen molar-refractivity contribution in [2.24, 2.45) is 5.92 Å². The second-order valence-corrected chi connectivity index (χ2v) is 4.79. The standard InChI is InChI=1S/C15H21NO2/c1-5-11(3)14(16-12(4)17)15(18)13-8-6-10(2)7-9-13/h6-9,11,14H,5H2,1-4H3,(H,16,17)/t11-,14-/m0/s1. The van der Waals surface area contributed by atoms with Crippen LogP contribution in [0.15, 0.2) is 24.3 Å². The number of nitrogens with one attached hydrogen (secondary N) is 1. The Labute approximate surface area is 109 Å². The van der Waals surface area contributed by atoms with E-state index in [2.05, 4.69) is 5.32 Å². The van der Waals surface area contributed by atoms with Gasteiger partial charge in [0.05, 0.1) is 6.04 Å². The molecule has 2 atom stereocenters. The van der Waals surface area contributed by atoms with E-state index in [-0.39, 0.29) is 17.6 Å². The molecule has 0 spiro atoms. The summed E-state index contributed by atoms with van der Waals surface area (Å²) in [6.07, 6.45) is 0.850. The number of amides is 1. The highest BCUT2D eigenvalue weighted by molar-refractivity contribution is 6.01. The van der Waals surface area contributed by atoms with Crippen LogP contribution in [0, 0.1) is 12.8 Å². The number of hydrogen-bond donors (Lipinski definition) is 1. The van der Waals surface area contributed by atoms with Crippen molar-refractivity contribution in [1.82, 2.24) is 5.32 Å². The first-order valence-corrected chi connectivity index (χ1v) is 6.33. The number of carbonyl (C=O) groups is 2. The molecule has 98 valence electrons. The normalized spacial score (nSPS) is 13.8. The molecule has 0 aliphatic heterocycles. The van der Waals surface area contributed by atoms with Gasteiger partial charge < -0.3 is 5.32 Å². The Bertz CT molecular complexity index is 423. The summed E-state index contributed by atoms with van der Waals surface area (Å²) in [5.41, 5.74) is 1.77. The minimum absolute atomic E-state index is 0.0143. The van der Waals surface area contributed by atoms with Crippen LogP contribution in [0.3, 0.4) is 0 Å². The predicted molar refractivity (Wildman–Crippen MR) is 72.6 cm³/mol. The van der Waals surface area contributed by atoms with Gasteiger partial charge in [-0.15, -0.1) is 0 Å². The number of rotatable bonds is 5. The van der Waals surface area contributed by atoms with Crippen LogP contribution < -0.4 is 5.32 Å². The maximum absolute atomic E-state index is 12.4. The van der Waals surface area contributed by atoms with Crippen molar-refractivity contribution in [2.45, 2.75) is 40.2 Å². The van der Waals surface area contributed by atoms with Gasteiger partial charge in [-0.1, -0.05) is 50.1 Å². The molecule has 3 heteroatoms. The van der Waals surface area contributed by atoms with Gasteiger partial charge in [-0.3, -0.25) is 9.59 Å². The summed E-state index contributed by atoms with van der Waals surface area (Å²) in [7, 11) is 0. The lowest BCUT2D eigenvalue weighted by Crippen LogP contribution is -2.44. The summed E-state index contributed by atoms with van der Waals surface area (Å²) in [6, 6.07) is 7.02. The third-order valence-corrected chi connectivity index (χ3v) is 3.19. The molecule has 1 aromatic carbocycles. The number of benzene rings is 1. The van der Waals surface area contributed by atoms with Crippen LogP contribution in [0.25, 0.3) is 0 Å². The summed E-state index contributed by atoms with van der Waals surface area (Å²) >= 11 is 0. The molecule has 3 nitrogen and oxygen atoms in total. The Balaban J connectivity index is 2.94. The number of Topliss-reactive ketones (excluding diaryl/α,β-unsaturated/α-hetero) is 1. The predicted octanol–water partition coefficient (Wildman–Crippen LogP) is 2.73. The van der Waals surface area contributed by atoms with Gasteiger partial charge in [-0.2, -0.15) is 0 Å². The Hall–Kier alpha value is -1.64. The number of hydrogen-bond acceptors (Lipinski definition) is 2. The Morgan fingerprint density at radius 1 is 1.22 bits per heavy atom. The second kappa shape index (κ2) is 6.34. The van der Waals surface area contributed by atoms with Crippen molar-refractivity contribution in [2.75, 3.05) is 0 Å². The highest BCUT2D eigenvalue weighted by Crippen LogP contribution is 2.14. The average molecular weight is 247 g/mol. The largest absolute Gasteiger partial charge is 0.346 e. The minimum Gasteiger partial charge on any atom is -0.346 e. The molecule has 0 aromatic heterocycles. The number of ketones is 1. The van der Waals surface area contributed by atoms with E-state index >= 15 is 0 Å². The fourth-order valence-corrected chi connectivity index (χ4v) is 1.82. The number of carbonyl (C=O) groups excluding carboxylic acids is 2. The van der Waals surface area contributed by atoms with Crippen molar-refractivity contribution in [3.63, 3.8) is 0 Å². The van der Waals surface area contributed by atoms with Gasteiger partial charge in [0, 0.05) is 12.5 Å². The molecule has 1 amide bonds. The molecule has 0 fully saturated rings. The SMILES string of the molecule is CC[C@H](C)[C@H](NC(C)=O)C(=O)c1ccc(C)cc1. The molecular weight excluding hydrogens is 226 g/mol. The Morgan fingerprint density at radius 3 is 2.22 bits per heavy atom. The van der Waals surface area contributed by atoms with E-state index in [0.717, 1.165) is 12.0 Å². The average Bonchev–Trinajstić information content (AvgIpc) is 2.35. The molecule has 0 unspecified atom stereocenters. The van der Waals surface area contributed by atoms with Gasteiger partial charge in [0.2, 0.25) is 5.91 Å². The summed E-state index contributed by atoms with van der Waals surface area (Å²) in [5, 5.41) is 2.75. The lowest BCUT2D eigenvalue weighted by Gasteiger charge is -2.22. The van der Waals surface area contributed by atoms with Crippen LogP contribution in [-0.4, -0.2) is 17.7 Å². The van der Waals surface area contributed by atoms with Crippen molar-refractivity contribution < 1.29 is 9.59 Å². The van der Waals surface area contributed by atoms with E-state index in [9.17, 15) is 9.59 Å². The maximum atomic E-state index is 12.4. The molecule has 0 aliphatic carbocycles. The van der Waals surface area contributed by atoms with Crippen LogP contribution in [0.4, 0.5) is 0 Å². The monoisotopic (exact) mass is 247 g/mol. The molecule has 0 heterocycles. The van der Waals surface area contributed by atoms with Crippen LogP contribution in [0.1, 0.15) is 43.1 Å². The first-order valence-electron chi connectivity index (χ1n) is 6.33. The highest BCUT2D eigenvalue weighted by atomic mass is 16.2. The molecule has 0 saturated carbocycles. The molecular formula is C15H21NO2. The summed E-state index contributed by atoms with van der Waals surface area (Å²) < 4.78 is 0. The summed E-state index contributed by atoms with van der Waals surface area (Å²) in [4.78, 5) is 23.6. The van der Waals surface area contributed by atoms with Gasteiger partial charge >= 0.3 is 0 Å². The van der Waals surface area contributed by atoms with E-state index in [1.807, 2.05) is 45.0 Å².